The Morgan fingerprint density at radius 1 is 1.04 bits per heavy atom. The van der Waals surface area contributed by atoms with E-state index in [-0.39, 0.29) is 24.1 Å². The van der Waals surface area contributed by atoms with Gasteiger partial charge < -0.3 is 14.2 Å². The van der Waals surface area contributed by atoms with Gasteiger partial charge in [0.1, 0.15) is 0 Å². The molecule has 0 aliphatic rings. The molecule has 2 aromatic carbocycles. The van der Waals surface area contributed by atoms with Crippen molar-refractivity contribution in [1.82, 2.24) is 0 Å². The first-order valence-corrected chi connectivity index (χ1v) is 8.09. The van der Waals surface area contributed by atoms with Gasteiger partial charge in [-0.3, -0.25) is 4.79 Å². The van der Waals surface area contributed by atoms with Crippen LogP contribution in [0.15, 0.2) is 42.5 Å². The summed E-state index contributed by atoms with van der Waals surface area (Å²) >= 11 is 5.85. The highest BCUT2D eigenvalue weighted by atomic mass is 35.5. The summed E-state index contributed by atoms with van der Waals surface area (Å²) in [5.74, 6) is 0.000669. The third kappa shape index (κ3) is 5.22. The molecule has 2 aromatic rings. The standard InChI is InChI=1S/C19H19ClO5/c1-12(2)25-17-8-7-14(10-18(17)23-3)19(22)24-11-16(21)13-5-4-6-15(20)9-13/h4-10,12H,11H2,1-3H3. The predicted molar refractivity (Wildman–Crippen MR) is 94.8 cm³/mol. The Kier molecular flexibility index (Phi) is 6.42. The molecule has 0 fully saturated rings. The molecule has 5 nitrogen and oxygen atoms in total. The molecule has 25 heavy (non-hydrogen) atoms. The van der Waals surface area contributed by atoms with Crippen molar-refractivity contribution in [2.45, 2.75) is 20.0 Å². The summed E-state index contributed by atoms with van der Waals surface area (Å²) in [4.78, 5) is 24.2. The van der Waals surface area contributed by atoms with Crippen molar-refractivity contribution in [2.24, 2.45) is 0 Å². The number of methoxy groups -OCH3 is 1. The molecule has 0 aliphatic heterocycles. The Bertz CT molecular complexity index is 770. The second kappa shape index (κ2) is 8.53. The zero-order valence-corrected chi connectivity index (χ0v) is 15.0. The van der Waals surface area contributed by atoms with E-state index < -0.39 is 5.97 Å². The molecular weight excluding hydrogens is 344 g/mol. The Morgan fingerprint density at radius 3 is 2.44 bits per heavy atom. The number of hydrogen-bond donors (Lipinski definition) is 0. The Hall–Kier alpha value is -2.53. The van der Waals surface area contributed by atoms with Gasteiger partial charge in [0, 0.05) is 10.6 Å². The first-order chi connectivity index (χ1) is 11.9. The molecule has 6 heteroatoms. The quantitative estimate of drug-likeness (QED) is 0.546. The molecule has 0 radical (unpaired) electrons. The van der Waals surface area contributed by atoms with Crippen molar-refractivity contribution < 1.29 is 23.8 Å². The molecule has 0 N–H and O–H groups in total. The van der Waals surface area contributed by atoms with E-state index in [1.165, 1.54) is 19.2 Å². The summed E-state index contributed by atoms with van der Waals surface area (Å²) in [6.45, 7) is 3.41. The van der Waals surface area contributed by atoms with Gasteiger partial charge >= 0.3 is 5.97 Å². The lowest BCUT2D eigenvalue weighted by molar-refractivity contribution is 0.0474. The van der Waals surface area contributed by atoms with Gasteiger partial charge in [-0.15, -0.1) is 0 Å². The SMILES string of the molecule is COc1cc(C(=O)OCC(=O)c2cccc(Cl)c2)ccc1OC(C)C. The molecule has 0 atom stereocenters. The van der Waals surface area contributed by atoms with Crippen molar-refractivity contribution in [3.05, 3.63) is 58.6 Å². The van der Waals surface area contributed by atoms with Crippen molar-refractivity contribution in [3.8, 4) is 11.5 Å². The summed E-state index contributed by atoms with van der Waals surface area (Å²) in [7, 11) is 1.49. The molecule has 0 saturated carbocycles. The van der Waals surface area contributed by atoms with E-state index in [0.29, 0.717) is 22.1 Å². The maximum absolute atomic E-state index is 12.2. The van der Waals surface area contributed by atoms with Crippen LogP contribution >= 0.6 is 11.6 Å². The molecular formula is C19H19ClO5. The first-order valence-electron chi connectivity index (χ1n) is 7.71. The number of benzene rings is 2. The van der Waals surface area contributed by atoms with Crippen LogP contribution in [0, 0.1) is 0 Å². The van der Waals surface area contributed by atoms with Gasteiger partial charge in [0.15, 0.2) is 23.9 Å². The molecule has 132 valence electrons. The van der Waals surface area contributed by atoms with Crippen LogP contribution in [0.1, 0.15) is 34.6 Å². The Labute approximate surface area is 151 Å². The van der Waals surface area contributed by atoms with Crippen molar-refractivity contribution in [2.75, 3.05) is 13.7 Å². The number of halogens is 1. The summed E-state index contributed by atoms with van der Waals surface area (Å²) in [6, 6.07) is 11.2. The van der Waals surface area contributed by atoms with Crippen LogP contribution in [0.25, 0.3) is 0 Å². The number of rotatable bonds is 7. The number of carbonyl (C=O) groups excluding carboxylic acids is 2. The minimum atomic E-state index is -0.621. The Morgan fingerprint density at radius 2 is 1.80 bits per heavy atom. The van der Waals surface area contributed by atoms with E-state index in [4.69, 9.17) is 25.8 Å². The highest BCUT2D eigenvalue weighted by Gasteiger charge is 2.15. The van der Waals surface area contributed by atoms with Gasteiger partial charge in [0.05, 0.1) is 18.8 Å². The third-order valence-electron chi connectivity index (χ3n) is 3.24. The van der Waals surface area contributed by atoms with Crippen LogP contribution in [0.4, 0.5) is 0 Å². The third-order valence-corrected chi connectivity index (χ3v) is 3.48. The smallest absolute Gasteiger partial charge is 0.338 e. The minimum Gasteiger partial charge on any atom is -0.493 e. The molecule has 0 saturated heterocycles. The zero-order chi connectivity index (χ0) is 18.4. The van der Waals surface area contributed by atoms with Gasteiger partial charge in [-0.2, -0.15) is 0 Å². The number of esters is 1. The number of carbonyl (C=O) groups is 2. The lowest BCUT2D eigenvalue weighted by Gasteiger charge is -2.14. The fourth-order valence-corrected chi connectivity index (χ4v) is 2.30. The molecule has 0 aliphatic carbocycles. The van der Waals surface area contributed by atoms with Crippen LogP contribution in [0.3, 0.4) is 0 Å². The van der Waals surface area contributed by atoms with Gasteiger partial charge in [0.2, 0.25) is 0 Å². The lowest BCUT2D eigenvalue weighted by Crippen LogP contribution is -2.14. The van der Waals surface area contributed by atoms with Crippen LogP contribution in [-0.2, 0) is 4.74 Å². The molecule has 0 amide bonds. The van der Waals surface area contributed by atoms with Crippen LogP contribution < -0.4 is 9.47 Å². The molecule has 0 aromatic heterocycles. The maximum atomic E-state index is 12.2. The number of hydrogen-bond acceptors (Lipinski definition) is 5. The second-order valence-corrected chi connectivity index (χ2v) is 5.98. The van der Waals surface area contributed by atoms with Crippen molar-refractivity contribution >= 4 is 23.4 Å². The van der Waals surface area contributed by atoms with Gasteiger partial charge in [0.25, 0.3) is 0 Å². The summed E-state index contributed by atoms with van der Waals surface area (Å²) in [5.41, 5.74) is 0.658. The van der Waals surface area contributed by atoms with E-state index in [1.807, 2.05) is 13.8 Å². The first kappa shape index (κ1) is 18.8. The molecule has 0 bridgehead atoms. The number of Topliss-reactive ketones (excluding diaryl/α,β-unsaturated/α-hetero) is 1. The molecule has 0 spiro atoms. The Balaban J connectivity index is 2.04. The van der Waals surface area contributed by atoms with Crippen molar-refractivity contribution in [3.63, 3.8) is 0 Å². The largest absolute Gasteiger partial charge is 0.493 e. The normalized spacial score (nSPS) is 10.4. The average molecular weight is 363 g/mol. The fraction of sp³-hybridized carbons (Fsp3) is 0.263. The van der Waals surface area contributed by atoms with Crippen LogP contribution in [0.5, 0.6) is 11.5 Å². The lowest BCUT2D eigenvalue weighted by atomic mass is 10.1. The van der Waals surface area contributed by atoms with Gasteiger partial charge in [-0.05, 0) is 44.2 Å². The zero-order valence-electron chi connectivity index (χ0n) is 14.2. The average Bonchev–Trinajstić information content (AvgIpc) is 2.59. The van der Waals surface area contributed by atoms with E-state index in [9.17, 15) is 9.59 Å². The summed E-state index contributed by atoms with van der Waals surface area (Å²) in [6.07, 6.45) is -0.0259. The van der Waals surface area contributed by atoms with Crippen LogP contribution in [0.2, 0.25) is 5.02 Å². The minimum absolute atomic E-state index is 0.0259. The topological polar surface area (TPSA) is 61.8 Å². The highest BCUT2D eigenvalue weighted by molar-refractivity contribution is 6.31. The fourth-order valence-electron chi connectivity index (χ4n) is 2.11. The van der Waals surface area contributed by atoms with Crippen molar-refractivity contribution in [1.29, 1.82) is 0 Å². The molecule has 2 rings (SSSR count). The molecule has 0 heterocycles. The highest BCUT2D eigenvalue weighted by Crippen LogP contribution is 2.29. The van der Waals surface area contributed by atoms with E-state index in [0.717, 1.165) is 0 Å². The number of ketones is 1. The van der Waals surface area contributed by atoms with E-state index >= 15 is 0 Å². The van der Waals surface area contributed by atoms with Gasteiger partial charge in [-0.1, -0.05) is 23.7 Å². The van der Waals surface area contributed by atoms with E-state index in [2.05, 4.69) is 0 Å². The second-order valence-electron chi connectivity index (χ2n) is 5.54. The summed E-state index contributed by atoms with van der Waals surface area (Å²) < 4.78 is 15.9. The number of ether oxygens (including phenoxy) is 3. The summed E-state index contributed by atoms with van der Waals surface area (Å²) in [5, 5.41) is 0.447. The monoisotopic (exact) mass is 362 g/mol. The molecule has 0 unspecified atom stereocenters. The van der Waals surface area contributed by atoms with E-state index in [1.54, 1.807) is 30.3 Å². The maximum Gasteiger partial charge on any atom is 0.338 e. The van der Waals surface area contributed by atoms with Gasteiger partial charge in [-0.25, -0.2) is 4.79 Å². The van der Waals surface area contributed by atoms with Crippen LogP contribution in [-0.4, -0.2) is 31.6 Å². The predicted octanol–water partition coefficient (Wildman–Crippen LogP) is 4.18.